The highest BCUT2D eigenvalue weighted by Crippen LogP contribution is 2.43. The van der Waals surface area contributed by atoms with Gasteiger partial charge in [-0.3, -0.25) is 4.90 Å². The van der Waals surface area contributed by atoms with Crippen LogP contribution in [0.15, 0.2) is 71.6 Å². The Morgan fingerprint density at radius 3 is 2.41 bits per heavy atom. The van der Waals surface area contributed by atoms with Gasteiger partial charge in [-0.15, -0.1) is 0 Å². The molecule has 0 spiro atoms. The van der Waals surface area contributed by atoms with E-state index in [0.717, 1.165) is 41.6 Å². The first kappa shape index (κ1) is 26.0. The van der Waals surface area contributed by atoms with Gasteiger partial charge in [0.25, 0.3) is 0 Å². The fraction of sp³-hybridized carbons (Fsp3) is 0.400. The molecule has 196 valence electrons. The van der Waals surface area contributed by atoms with E-state index in [9.17, 15) is 12.8 Å². The molecule has 5 nitrogen and oxygen atoms in total. The molecule has 0 aromatic heterocycles. The smallest absolute Gasteiger partial charge is 0.243 e. The van der Waals surface area contributed by atoms with E-state index in [1.807, 2.05) is 37.3 Å². The summed E-state index contributed by atoms with van der Waals surface area (Å²) in [5.41, 5.74) is 4.43. The summed E-state index contributed by atoms with van der Waals surface area (Å²) in [4.78, 5) is 2.82. The third-order valence-electron chi connectivity index (χ3n) is 8.07. The van der Waals surface area contributed by atoms with Gasteiger partial charge in [-0.25, -0.2) is 12.8 Å². The van der Waals surface area contributed by atoms with Crippen molar-refractivity contribution in [1.29, 1.82) is 0 Å². The molecular formula is C30H35FN2O3S. The maximum absolute atomic E-state index is 14.1. The minimum Gasteiger partial charge on any atom is -0.383 e. The molecule has 0 saturated carbocycles. The van der Waals surface area contributed by atoms with Crippen LogP contribution in [0.2, 0.25) is 0 Å². The van der Waals surface area contributed by atoms with E-state index in [4.69, 9.17) is 4.74 Å². The number of methoxy groups -OCH3 is 1. The van der Waals surface area contributed by atoms with E-state index in [0.29, 0.717) is 30.2 Å². The zero-order chi connectivity index (χ0) is 26.2. The molecule has 2 saturated heterocycles. The van der Waals surface area contributed by atoms with Crippen molar-refractivity contribution in [2.75, 3.05) is 33.4 Å². The molecule has 2 aliphatic rings. The highest BCUT2D eigenvalue weighted by atomic mass is 32.2. The lowest BCUT2D eigenvalue weighted by Crippen LogP contribution is -2.68. The number of aryl methyl sites for hydroxylation is 1. The summed E-state index contributed by atoms with van der Waals surface area (Å²) in [6, 6.07) is 21.0. The Labute approximate surface area is 219 Å². The molecule has 2 fully saturated rings. The predicted molar refractivity (Wildman–Crippen MR) is 145 cm³/mol. The van der Waals surface area contributed by atoms with Gasteiger partial charge in [0.15, 0.2) is 0 Å². The van der Waals surface area contributed by atoms with Crippen molar-refractivity contribution < 1.29 is 17.5 Å². The number of benzene rings is 3. The van der Waals surface area contributed by atoms with Gasteiger partial charge in [-0.2, -0.15) is 4.31 Å². The maximum atomic E-state index is 14.1. The second-order valence-electron chi connectivity index (χ2n) is 10.2. The van der Waals surface area contributed by atoms with Gasteiger partial charge >= 0.3 is 0 Å². The number of rotatable bonds is 6. The van der Waals surface area contributed by atoms with Crippen molar-refractivity contribution in [2.45, 2.75) is 49.6 Å². The number of hydrogen-bond acceptors (Lipinski definition) is 4. The molecule has 2 aliphatic heterocycles. The highest BCUT2D eigenvalue weighted by Gasteiger charge is 2.50. The second kappa shape index (κ2) is 10.7. The molecule has 2 heterocycles. The largest absolute Gasteiger partial charge is 0.383 e. The second-order valence-corrected chi connectivity index (χ2v) is 12.1. The van der Waals surface area contributed by atoms with Crippen molar-refractivity contribution in [1.82, 2.24) is 9.21 Å². The Kier molecular flexibility index (Phi) is 7.50. The van der Waals surface area contributed by atoms with Crippen LogP contribution in [0.5, 0.6) is 0 Å². The van der Waals surface area contributed by atoms with Crippen molar-refractivity contribution >= 4 is 10.0 Å². The molecule has 0 aliphatic carbocycles. The Morgan fingerprint density at radius 1 is 0.946 bits per heavy atom. The third kappa shape index (κ3) is 4.86. The average molecular weight is 523 g/mol. The van der Waals surface area contributed by atoms with Gasteiger partial charge in [0.2, 0.25) is 10.0 Å². The van der Waals surface area contributed by atoms with E-state index in [-0.39, 0.29) is 23.8 Å². The van der Waals surface area contributed by atoms with Crippen molar-refractivity contribution in [3.8, 4) is 11.1 Å². The van der Waals surface area contributed by atoms with Crippen LogP contribution < -0.4 is 0 Å². The first-order chi connectivity index (χ1) is 17.8. The Morgan fingerprint density at radius 2 is 1.68 bits per heavy atom. The minimum atomic E-state index is -3.60. The zero-order valence-electron chi connectivity index (χ0n) is 21.7. The van der Waals surface area contributed by atoms with Crippen LogP contribution in [-0.4, -0.2) is 63.1 Å². The fourth-order valence-electron chi connectivity index (χ4n) is 6.07. The Balaban J connectivity index is 1.46. The molecule has 5 rings (SSSR count). The van der Waals surface area contributed by atoms with Crippen LogP contribution in [0, 0.1) is 19.7 Å². The van der Waals surface area contributed by atoms with E-state index < -0.39 is 10.0 Å². The summed E-state index contributed by atoms with van der Waals surface area (Å²) in [5.74, 6) is -0.0591. The van der Waals surface area contributed by atoms with Gasteiger partial charge in [0.05, 0.1) is 11.5 Å². The average Bonchev–Trinajstić information content (AvgIpc) is 2.87. The Bertz CT molecular complexity index is 1360. The van der Waals surface area contributed by atoms with Gasteiger partial charge in [-0.1, -0.05) is 54.6 Å². The summed E-state index contributed by atoms with van der Waals surface area (Å²) >= 11 is 0. The lowest BCUT2D eigenvalue weighted by molar-refractivity contribution is -0.0635. The normalized spacial score (nSPS) is 23.1. The van der Waals surface area contributed by atoms with Crippen LogP contribution in [0.1, 0.15) is 35.4 Å². The fourth-order valence-corrected chi connectivity index (χ4v) is 7.79. The first-order valence-electron chi connectivity index (χ1n) is 13.0. The van der Waals surface area contributed by atoms with Crippen LogP contribution in [0.3, 0.4) is 0 Å². The number of nitrogens with zero attached hydrogens (tertiary/aromatic N) is 2. The van der Waals surface area contributed by atoms with Crippen molar-refractivity contribution in [3.63, 3.8) is 0 Å². The quantitative estimate of drug-likeness (QED) is 0.436. The van der Waals surface area contributed by atoms with Crippen LogP contribution in [-0.2, 0) is 14.8 Å². The first-order valence-corrected chi connectivity index (χ1v) is 14.4. The molecule has 0 bridgehead atoms. The molecule has 3 atom stereocenters. The van der Waals surface area contributed by atoms with E-state index in [2.05, 4.69) is 17.0 Å². The molecule has 0 radical (unpaired) electrons. The van der Waals surface area contributed by atoms with Crippen LogP contribution in [0.4, 0.5) is 4.39 Å². The molecule has 1 unspecified atom stereocenters. The predicted octanol–water partition coefficient (Wildman–Crippen LogP) is 5.38. The topological polar surface area (TPSA) is 49.9 Å². The van der Waals surface area contributed by atoms with E-state index >= 15 is 0 Å². The third-order valence-corrected chi connectivity index (χ3v) is 10.1. The number of sulfonamides is 1. The molecule has 37 heavy (non-hydrogen) atoms. The summed E-state index contributed by atoms with van der Waals surface area (Å²) in [7, 11) is -1.88. The van der Waals surface area contributed by atoms with Crippen molar-refractivity contribution in [2.24, 2.45) is 0 Å². The lowest BCUT2D eigenvalue weighted by atomic mass is 9.74. The molecule has 3 aromatic carbocycles. The van der Waals surface area contributed by atoms with Gasteiger partial charge in [0, 0.05) is 38.2 Å². The van der Waals surface area contributed by atoms with Crippen LogP contribution >= 0.6 is 0 Å². The summed E-state index contributed by atoms with van der Waals surface area (Å²) < 4.78 is 48.9. The summed E-state index contributed by atoms with van der Waals surface area (Å²) in [5, 5.41) is 0. The number of ether oxygens (including phenoxy) is 1. The van der Waals surface area contributed by atoms with Gasteiger partial charge in [0.1, 0.15) is 5.82 Å². The van der Waals surface area contributed by atoms with Crippen LogP contribution in [0.25, 0.3) is 11.1 Å². The number of fused-ring (bicyclic) bond motifs is 1. The summed E-state index contributed by atoms with van der Waals surface area (Å²) in [6.45, 7) is 6.16. The minimum absolute atomic E-state index is 0.0704. The number of halogens is 1. The van der Waals surface area contributed by atoms with Crippen molar-refractivity contribution in [3.05, 3.63) is 89.2 Å². The standard InChI is InChI=1S/C30H35FN2O3S/c1-21-9-4-5-12-29(21)37(34,35)32-17-6-7-18-33-27(19-32)30(28(33)20-36-3)24-15-13-23(14-16-24)25-10-8-11-26(31)22(25)2/h4-5,8-16,27-28,30H,6-7,17-20H2,1-3H3/t27?,28-,30+/m1/s1. The van der Waals surface area contributed by atoms with E-state index in [1.54, 1.807) is 36.5 Å². The highest BCUT2D eigenvalue weighted by molar-refractivity contribution is 7.89. The Hall–Kier alpha value is -2.58. The monoisotopic (exact) mass is 522 g/mol. The molecule has 0 amide bonds. The SMILES string of the molecule is COC[C@@H]1[C@@H](c2ccc(-c3cccc(F)c3C)cc2)C2CN(S(=O)(=O)c3ccccc3C)CCCCN21. The summed E-state index contributed by atoms with van der Waals surface area (Å²) in [6.07, 6.45) is 1.78. The van der Waals surface area contributed by atoms with Gasteiger partial charge < -0.3 is 4.74 Å². The molecule has 7 heteroatoms. The van der Waals surface area contributed by atoms with Gasteiger partial charge in [-0.05, 0) is 73.2 Å². The molecule has 0 N–H and O–H groups in total. The maximum Gasteiger partial charge on any atom is 0.243 e. The molecular weight excluding hydrogens is 487 g/mol. The zero-order valence-corrected chi connectivity index (χ0v) is 22.5. The molecule has 3 aromatic rings. The number of hydrogen-bond donors (Lipinski definition) is 0. The van der Waals surface area contributed by atoms with E-state index in [1.165, 1.54) is 6.07 Å². The lowest BCUT2D eigenvalue weighted by Gasteiger charge is -2.57.